The van der Waals surface area contributed by atoms with Crippen LogP contribution in [0.5, 0.6) is 6.01 Å². The normalized spacial score (nSPS) is 38.6. The molecule has 2 aliphatic rings. The Hall–Kier alpha value is -1.44. The molecule has 92 valence electrons. The van der Waals surface area contributed by atoms with Crippen LogP contribution in [0.25, 0.3) is 0 Å². The van der Waals surface area contributed by atoms with Gasteiger partial charge in [-0.2, -0.15) is 4.98 Å². The maximum absolute atomic E-state index is 11.1. The molecule has 0 bridgehead atoms. The van der Waals surface area contributed by atoms with Gasteiger partial charge in [-0.05, 0) is 6.92 Å². The SMILES string of the molecule is C[C@@]12Oc3nc(=O)ccn3[C@@H]1O[C@H](CO)[C@H]2O. The highest BCUT2D eigenvalue weighted by molar-refractivity contribution is 5.16. The highest BCUT2D eigenvalue weighted by Gasteiger charge is 2.60. The Kier molecular flexibility index (Phi) is 2.07. The van der Waals surface area contributed by atoms with E-state index in [0.29, 0.717) is 0 Å². The van der Waals surface area contributed by atoms with Crippen molar-refractivity contribution >= 4 is 0 Å². The van der Waals surface area contributed by atoms with Gasteiger partial charge in [0, 0.05) is 12.3 Å². The average Bonchev–Trinajstić information content (AvgIpc) is 2.69. The molecule has 17 heavy (non-hydrogen) atoms. The van der Waals surface area contributed by atoms with Crippen LogP contribution < -0.4 is 10.3 Å². The van der Waals surface area contributed by atoms with Crippen molar-refractivity contribution in [3.8, 4) is 6.01 Å². The minimum atomic E-state index is -1.03. The van der Waals surface area contributed by atoms with Crippen molar-refractivity contribution in [3.05, 3.63) is 22.6 Å². The molecule has 0 saturated carbocycles. The molecule has 7 nitrogen and oxygen atoms in total. The molecule has 7 heteroatoms. The third kappa shape index (κ3) is 1.27. The van der Waals surface area contributed by atoms with E-state index in [1.165, 1.54) is 12.3 Å². The molecule has 1 fully saturated rings. The molecular weight excluding hydrogens is 228 g/mol. The zero-order valence-electron chi connectivity index (χ0n) is 9.11. The Bertz CT molecular complexity index is 516. The maximum Gasteiger partial charge on any atom is 0.302 e. The van der Waals surface area contributed by atoms with Crippen molar-refractivity contribution in [1.29, 1.82) is 0 Å². The molecule has 1 saturated heterocycles. The molecule has 3 heterocycles. The minimum absolute atomic E-state index is 0.125. The van der Waals surface area contributed by atoms with E-state index in [1.807, 2.05) is 0 Å². The fourth-order valence-corrected chi connectivity index (χ4v) is 2.33. The summed E-state index contributed by atoms with van der Waals surface area (Å²) >= 11 is 0. The monoisotopic (exact) mass is 240 g/mol. The Morgan fingerprint density at radius 3 is 3.12 bits per heavy atom. The zero-order chi connectivity index (χ0) is 12.2. The summed E-state index contributed by atoms with van der Waals surface area (Å²) in [5.41, 5.74) is -1.44. The van der Waals surface area contributed by atoms with Gasteiger partial charge < -0.3 is 19.7 Å². The van der Waals surface area contributed by atoms with Gasteiger partial charge in [0.25, 0.3) is 5.56 Å². The van der Waals surface area contributed by atoms with E-state index in [1.54, 1.807) is 11.5 Å². The predicted molar refractivity (Wildman–Crippen MR) is 54.5 cm³/mol. The Labute approximate surface area is 96.2 Å². The van der Waals surface area contributed by atoms with Gasteiger partial charge in [0.15, 0.2) is 11.8 Å². The molecular formula is C10H12N2O5. The standard InChI is InChI=1S/C10H12N2O5/c1-10-7(15)5(4-13)16-8(10)12-3-2-6(14)11-9(12)17-10/h2-3,5,7-8,13,15H,4H2,1H3/t5-,7-,8-,10+/m1/s1. The lowest BCUT2D eigenvalue weighted by Gasteiger charge is -2.24. The topological polar surface area (TPSA) is 93.8 Å². The maximum atomic E-state index is 11.1. The van der Waals surface area contributed by atoms with Crippen LogP contribution in [0.2, 0.25) is 0 Å². The Morgan fingerprint density at radius 1 is 1.65 bits per heavy atom. The molecule has 0 amide bonds. The molecule has 0 spiro atoms. The van der Waals surface area contributed by atoms with Crippen molar-refractivity contribution < 1.29 is 19.7 Å². The first-order valence-electron chi connectivity index (χ1n) is 5.29. The number of hydrogen-bond acceptors (Lipinski definition) is 6. The van der Waals surface area contributed by atoms with Crippen LogP contribution in [0.3, 0.4) is 0 Å². The summed E-state index contributed by atoms with van der Waals surface area (Å²) in [4.78, 5) is 14.8. The second kappa shape index (κ2) is 3.28. The Morgan fingerprint density at radius 2 is 2.41 bits per heavy atom. The summed E-state index contributed by atoms with van der Waals surface area (Å²) in [6.07, 6.45) is -0.753. The van der Waals surface area contributed by atoms with Gasteiger partial charge in [0.2, 0.25) is 0 Å². The van der Waals surface area contributed by atoms with E-state index < -0.39 is 29.6 Å². The molecule has 1 aromatic heterocycles. The average molecular weight is 240 g/mol. The highest BCUT2D eigenvalue weighted by Crippen LogP contribution is 2.46. The van der Waals surface area contributed by atoms with Crippen LogP contribution in [0, 0.1) is 0 Å². The lowest BCUT2D eigenvalue weighted by atomic mass is 9.97. The molecule has 0 aromatic carbocycles. The van der Waals surface area contributed by atoms with Gasteiger partial charge in [-0.25, -0.2) is 0 Å². The first kappa shape index (κ1) is 10.7. The van der Waals surface area contributed by atoms with Crippen molar-refractivity contribution in [1.82, 2.24) is 9.55 Å². The second-order valence-electron chi connectivity index (χ2n) is 4.40. The fraction of sp³-hybridized carbons (Fsp3) is 0.600. The van der Waals surface area contributed by atoms with E-state index in [2.05, 4.69) is 4.98 Å². The van der Waals surface area contributed by atoms with Gasteiger partial charge >= 0.3 is 6.01 Å². The zero-order valence-corrected chi connectivity index (χ0v) is 9.11. The van der Waals surface area contributed by atoms with Crippen molar-refractivity contribution in [2.45, 2.75) is 31.0 Å². The summed E-state index contributed by atoms with van der Waals surface area (Å²) in [6.45, 7) is 1.37. The molecule has 2 N–H and O–H groups in total. The third-order valence-corrected chi connectivity index (χ3v) is 3.28. The summed E-state index contributed by atoms with van der Waals surface area (Å²) in [5.74, 6) is 0. The number of rotatable bonds is 1. The van der Waals surface area contributed by atoms with Gasteiger partial charge in [-0.15, -0.1) is 0 Å². The van der Waals surface area contributed by atoms with Crippen molar-refractivity contribution in [2.24, 2.45) is 0 Å². The number of aliphatic hydroxyl groups is 2. The molecule has 3 rings (SSSR count). The van der Waals surface area contributed by atoms with Gasteiger partial charge in [-0.3, -0.25) is 9.36 Å². The minimum Gasteiger partial charge on any atom is -0.450 e. The van der Waals surface area contributed by atoms with Crippen molar-refractivity contribution in [2.75, 3.05) is 6.61 Å². The molecule has 0 unspecified atom stereocenters. The summed E-state index contributed by atoms with van der Waals surface area (Å²) in [6, 6.07) is 1.42. The number of aliphatic hydroxyl groups excluding tert-OH is 2. The first-order valence-corrected chi connectivity index (χ1v) is 5.29. The Balaban J connectivity index is 2.07. The highest BCUT2D eigenvalue weighted by atomic mass is 16.6. The van der Waals surface area contributed by atoms with Crippen LogP contribution in [0.4, 0.5) is 0 Å². The van der Waals surface area contributed by atoms with E-state index in [0.717, 1.165) is 0 Å². The van der Waals surface area contributed by atoms with Gasteiger partial charge in [0.1, 0.15) is 12.2 Å². The van der Waals surface area contributed by atoms with Gasteiger partial charge in [0.05, 0.1) is 6.61 Å². The fourth-order valence-electron chi connectivity index (χ4n) is 2.33. The lowest BCUT2D eigenvalue weighted by molar-refractivity contribution is -0.0457. The number of nitrogens with zero attached hydrogens (tertiary/aromatic N) is 2. The van der Waals surface area contributed by atoms with E-state index in [9.17, 15) is 9.90 Å². The summed E-state index contributed by atoms with van der Waals surface area (Å²) < 4.78 is 12.6. The van der Waals surface area contributed by atoms with Gasteiger partial charge in [-0.1, -0.05) is 0 Å². The smallest absolute Gasteiger partial charge is 0.302 e. The first-order chi connectivity index (χ1) is 8.06. The van der Waals surface area contributed by atoms with Crippen LogP contribution in [0.1, 0.15) is 13.2 Å². The van der Waals surface area contributed by atoms with Crippen LogP contribution in [0.15, 0.2) is 17.1 Å². The predicted octanol–water partition coefficient (Wildman–Crippen LogP) is -1.36. The van der Waals surface area contributed by atoms with E-state index in [-0.39, 0.29) is 12.6 Å². The lowest BCUT2D eigenvalue weighted by Crippen LogP contribution is -2.45. The molecule has 4 atom stereocenters. The number of ether oxygens (including phenoxy) is 2. The summed E-state index contributed by atoms with van der Waals surface area (Å²) in [7, 11) is 0. The molecule has 1 aromatic rings. The van der Waals surface area contributed by atoms with Crippen LogP contribution >= 0.6 is 0 Å². The van der Waals surface area contributed by atoms with E-state index in [4.69, 9.17) is 14.6 Å². The third-order valence-electron chi connectivity index (χ3n) is 3.28. The molecule has 0 aliphatic carbocycles. The van der Waals surface area contributed by atoms with Crippen LogP contribution in [-0.2, 0) is 4.74 Å². The van der Waals surface area contributed by atoms with Crippen molar-refractivity contribution in [3.63, 3.8) is 0 Å². The number of aromatic nitrogens is 2. The van der Waals surface area contributed by atoms with E-state index >= 15 is 0 Å². The quantitative estimate of drug-likeness (QED) is 0.630. The molecule has 0 radical (unpaired) electrons. The summed E-state index contributed by atoms with van der Waals surface area (Å²) in [5, 5.41) is 19.1. The number of hydrogen-bond donors (Lipinski definition) is 2. The van der Waals surface area contributed by atoms with Crippen LogP contribution in [-0.4, -0.2) is 44.2 Å². The second-order valence-corrected chi connectivity index (χ2v) is 4.40. The largest absolute Gasteiger partial charge is 0.450 e. The number of fused-ring (bicyclic) bond motifs is 3. The molecule has 2 aliphatic heterocycles.